The van der Waals surface area contributed by atoms with E-state index in [1.165, 1.54) is 43.4 Å². The molecule has 3 aliphatic rings. The van der Waals surface area contributed by atoms with Gasteiger partial charge in [-0.2, -0.15) is 0 Å². The third-order valence-corrected chi connectivity index (χ3v) is 7.86. The Labute approximate surface area is 171 Å². The first kappa shape index (κ1) is 19.7. The third-order valence-electron chi connectivity index (χ3n) is 6.94. The first-order valence-corrected chi connectivity index (χ1v) is 11.7. The van der Waals surface area contributed by atoms with Gasteiger partial charge in [0, 0.05) is 25.2 Å². The Morgan fingerprint density at radius 1 is 1.00 bits per heavy atom. The van der Waals surface area contributed by atoms with E-state index in [9.17, 15) is 9.59 Å². The summed E-state index contributed by atoms with van der Waals surface area (Å²) in [7, 11) is 0. The van der Waals surface area contributed by atoms with Crippen molar-refractivity contribution in [1.82, 2.24) is 20.5 Å². The second kappa shape index (κ2) is 8.80. The molecule has 7 heteroatoms. The summed E-state index contributed by atoms with van der Waals surface area (Å²) >= 11 is 1.38. The number of carbonyl (C=O) groups excluding carboxylic acids is 2. The van der Waals surface area contributed by atoms with E-state index >= 15 is 0 Å². The predicted molar refractivity (Wildman–Crippen MR) is 111 cm³/mol. The molecule has 1 aliphatic heterocycles. The molecular formula is C21H32N4O2S. The Kier molecular flexibility index (Phi) is 6.19. The topological polar surface area (TPSA) is 74.3 Å². The van der Waals surface area contributed by atoms with E-state index < -0.39 is 0 Å². The van der Waals surface area contributed by atoms with E-state index in [0.29, 0.717) is 24.0 Å². The van der Waals surface area contributed by atoms with E-state index in [1.54, 1.807) is 5.51 Å². The normalized spacial score (nSPS) is 28.5. The molecule has 2 N–H and O–H groups in total. The van der Waals surface area contributed by atoms with Gasteiger partial charge in [-0.15, -0.1) is 11.3 Å². The molecule has 2 saturated carbocycles. The standard InChI is InChI=1S/C21H32N4O2S/c1-14-19(28-13-22-14)20(26)23-17-8-10-25(11-9-17)21(27)24-18-7-6-15-4-2-3-5-16(15)12-18/h13,15-18H,2-12H2,1H3,(H,23,26)(H,24,27)/t15-,16+,18+/m0/s1. The molecule has 28 heavy (non-hydrogen) atoms. The summed E-state index contributed by atoms with van der Waals surface area (Å²) < 4.78 is 0. The zero-order valence-corrected chi connectivity index (χ0v) is 17.6. The minimum atomic E-state index is -0.0351. The molecule has 3 fully saturated rings. The molecule has 0 bridgehead atoms. The van der Waals surface area contributed by atoms with Crippen LogP contribution in [0.4, 0.5) is 4.79 Å². The van der Waals surface area contributed by atoms with Crippen LogP contribution in [0.5, 0.6) is 0 Å². The second-order valence-electron chi connectivity index (χ2n) is 8.77. The van der Waals surface area contributed by atoms with Crippen LogP contribution in [-0.2, 0) is 0 Å². The number of fused-ring (bicyclic) bond motifs is 1. The zero-order valence-electron chi connectivity index (χ0n) is 16.8. The van der Waals surface area contributed by atoms with Crippen LogP contribution in [0.2, 0.25) is 0 Å². The summed E-state index contributed by atoms with van der Waals surface area (Å²) in [6, 6.07) is 0.566. The lowest BCUT2D eigenvalue weighted by atomic mass is 9.69. The Bertz CT molecular complexity index is 698. The monoisotopic (exact) mass is 404 g/mol. The van der Waals surface area contributed by atoms with Gasteiger partial charge in [-0.05, 0) is 50.9 Å². The van der Waals surface area contributed by atoms with Gasteiger partial charge in [-0.3, -0.25) is 4.79 Å². The molecule has 3 amide bonds. The van der Waals surface area contributed by atoms with Crippen LogP contribution < -0.4 is 10.6 Å². The summed E-state index contributed by atoms with van der Waals surface area (Å²) in [5.41, 5.74) is 2.49. The van der Waals surface area contributed by atoms with E-state index in [0.717, 1.165) is 43.2 Å². The van der Waals surface area contributed by atoms with Gasteiger partial charge in [0.2, 0.25) is 0 Å². The van der Waals surface area contributed by atoms with Crippen molar-refractivity contribution in [3.8, 4) is 0 Å². The summed E-state index contributed by atoms with van der Waals surface area (Å²) in [6.45, 7) is 3.27. The van der Waals surface area contributed by atoms with Crippen molar-refractivity contribution >= 4 is 23.3 Å². The SMILES string of the molecule is Cc1ncsc1C(=O)NC1CCN(C(=O)N[C@@H]2CC[C@@H]3CCCC[C@@H]3C2)CC1. The van der Waals surface area contributed by atoms with Crippen molar-refractivity contribution in [2.24, 2.45) is 11.8 Å². The highest BCUT2D eigenvalue weighted by Gasteiger charge is 2.33. The largest absolute Gasteiger partial charge is 0.348 e. The van der Waals surface area contributed by atoms with Crippen LogP contribution in [0, 0.1) is 18.8 Å². The molecule has 1 aromatic heterocycles. The number of aryl methyl sites for hydroxylation is 1. The Morgan fingerprint density at radius 3 is 2.46 bits per heavy atom. The van der Waals surface area contributed by atoms with Crippen molar-refractivity contribution < 1.29 is 9.59 Å². The van der Waals surface area contributed by atoms with Crippen LogP contribution >= 0.6 is 11.3 Å². The lowest BCUT2D eigenvalue weighted by Gasteiger charge is -2.40. The quantitative estimate of drug-likeness (QED) is 0.806. The molecule has 6 nitrogen and oxygen atoms in total. The number of carbonyl (C=O) groups is 2. The van der Waals surface area contributed by atoms with Crippen molar-refractivity contribution in [1.29, 1.82) is 0 Å². The molecule has 0 aromatic carbocycles. The maximum atomic E-state index is 12.7. The second-order valence-corrected chi connectivity index (χ2v) is 9.62. The fourth-order valence-electron chi connectivity index (χ4n) is 5.27. The van der Waals surface area contributed by atoms with Crippen LogP contribution in [0.15, 0.2) is 5.51 Å². The van der Waals surface area contributed by atoms with Gasteiger partial charge in [0.25, 0.3) is 5.91 Å². The van der Waals surface area contributed by atoms with E-state index in [1.807, 2.05) is 11.8 Å². The number of likely N-dealkylation sites (tertiary alicyclic amines) is 1. The summed E-state index contributed by atoms with van der Waals surface area (Å²) in [4.78, 5) is 31.8. The van der Waals surface area contributed by atoms with E-state index in [4.69, 9.17) is 0 Å². The lowest BCUT2D eigenvalue weighted by molar-refractivity contribution is 0.0919. The van der Waals surface area contributed by atoms with Gasteiger partial charge < -0.3 is 15.5 Å². The molecule has 154 valence electrons. The van der Waals surface area contributed by atoms with E-state index in [-0.39, 0.29) is 18.0 Å². The molecule has 4 rings (SSSR count). The number of thiazole rings is 1. The molecule has 0 radical (unpaired) electrons. The predicted octanol–water partition coefficient (Wildman–Crippen LogP) is 3.71. The molecular weight excluding hydrogens is 372 g/mol. The number of hydrogen-bond acceptors (Lipinski definition) is 4. The average molecular weight is 405 g/mol. The highest BCUT2D eigenvalue weighted by Crippen LogP contribution is 2.40. The lowest BCUT2D eigenvalue weighted by Crippen LogP contribution is -2.52. The Morgan fingerprint density at radius 2 is 1.75 bits per heavy atom. The number of nitrogens with zero attached hydrogens (tertiary/aromatic N) is 2. The smallest absolute Gasteiger partial charge is 0.317 e. The summed E-state index contributed by atoms with van der Waals surface area (Å²) in [5.74, 6) is 1.69. The number of amides is 3. The number of nitrogens with one attached hydrogen (secondary N) is 2. The van der Waals surface area contributed by atoms with Gasteiger partial charge in [0.05, 0.1) is 11.2 Å². The van der Waals surface area contributed by atoms with E-state index in [2.05, 4.69) is 15.6 Å². The number of hydrogen-bond donors (Lipinski definition) is 2. The maximum Gasteiger partial charge on any atom is 0.317 e. The number of aromatic nitrogens is 1. The Hall–Kier alpha value is -1.63. The van der Waals surface area contributed by atoms with Crippen LogP contribution in [0.1, 0.15) is 73.2 Å². The number of piperidine rings is 1. The molecule has 0 spiro atoms. The van der Waals surface area contributed by atoms with Gasteiger partial charge in [0.15, 0.2) is 0 Å². The number of urea groups is 1. The molecule has 0 unspecified atom stereocenters. The minimum absolute atomic E-state index is 0.0351. The molecule has 3 atom stereocenters. The Balaban J connectivity index is 1.21. The van der Waals surface area contributed by atoms with Crippen LogP contribution in [-0.4, -0.2) is 47.0 Å². The van der Waals surface area contributed by atoms with Crippen molar-refractivity contribution in [3.05, 3.63) is 16.1 Å². The zero-order chi connectivity index (χ0) is 19.5. The highest BCUT2D eigenvalue weighted by molar-refractivity contribution is 7.11. The summed E-state index contributed by atoms with van der Waals surface area (Å²) in [5, 5.41) is 6.41. The molecule has 2 aliphatic carbocycles. The first-order valence-electron chi connectivity index (χ1n) is 10.9. The maximum absolute atomic E-state index is 12.7. The fraction of sp³-hybridized carbons (Fsp3) is 0.762. The fourth-order valence-corrected chi connectivity index (χ4v) is 5.97. The average Bonchev–Trinajstić information content (AvgIpc) is 3.14. The van der Waals surface area contributed by atoms with Gasteiger partial charge >= 0.3 is 6.03 Å². The van der Waals surface area contributed by atoms with Gasteiger partial charge in [0.1, 0.15) is 4.88 Å². The van der Waals surface area contributed by atoms with Gasteiger partial charge in [-0.1, -0.05) is 25.7 Å². The van der Waals surface area contributed by atoms with Crippen LogP contribution in [0.3, 0.4) is 0 Å². The number of rotatable bonds is 3. The minimum Gasteiger partial charge on any atom is -0.348 e. The highest BCUT2D eigenvalue weighted by atomic mass is 32.1. The van der Waals surface area contributed by atoms with Crippen LogP contribution in [0.25, 0.3) is 0 Å². The van der Waals surface area contributed by atoms with Crippen molar-refractivity contribution in [2.45, 2.75) is 76.8 Å². The van der Waals surface area contributed by atoms with Crippen molar-refractivity contribution in [3.63, 3.8) is 0 Å². The first-order chi connectivity index (χ1) is 13.6. The molecule has 2 heterocycles. The van der Waals surface area contributed by atoms with Gasteiger partial charge in [-0.25, -0.2) is 9.78 Å². The van der Waals surface area contributed by atoms with Crippen molar-refractivity contribution in [2.75, 3.05) is 13.1 Å². The summed E-state index contributed by atoms with van der Waals surface area (Å²) in [6.07, 6.45) is 10.7. The molecule has 1 aromatic rings. The third kappa shape index (κ3) is 4.50. The molecule has 1 saturated heterocycles.